The maximum atomic E-state index is 14.0. The number of halogens is 5. The van der Waals surface area contributed by atoms with Crippen LogP contribution in [0.15, 0.2) is 30.3 Å². The van der Waals surface area contributed by atoms with Crippen LogP contribution in [-0.4, -0.2) is 34.4 Å². The average Bonchev–Trinajstić information content (AvgIpc) is 2.99. The molecule has 1 aromatic carbocycles. The minimum atomic E-state index is -4.64. The molecule has 3 rings (SSSR count). The van der Waals surface area contributed by atoms with E-state index in [1.165, 1.54) is 11.0 Å². The van der Waals surface area contributed by atoms with Gasteiger partial charge in [0, 0.05) is 25.1 Å². The van der Waals surface area contributed by atoms with E-state index in [1.54, 1.807) is 0 Å². The molecule has 1 fully saturated rings. The van der Waals surface area contributed by atoms with E-state index in [9.17, 15) is 31.9 Å². The van der Waals surface area contributed by atoms with Gasteiger partial charge in [0.2, 0.25) is 0 Å². The number of carboxylic acids is 1. The van der Waals surface area contributed by atoms with E-state index in [1.807, 2.05) is 0 Å². The summed E-state index contributed by atoms with van der Waals surface area (Å²) in [5.74, 6) is -4.64. The Morgan fingerprint density at radius 3 is 2.38 bits per heavy atom. The van der Waals surface area contributed by atoms with Gasteiger partial charge < -0.3 is 10.0 Å². The maximum Gasteiger partial charge on any atom is 0.435 e. The molecule has 2 heterocycles. The number of aliphatic carboxylic acids is 1. The van der Waals surface area contributed by atoms with Crippen LogP contribution in [0.5, 0.6) is 0 Å². The number of nitrogens with zero attached hydrogens (tertiary/aromatic N) is 3. The normalized spacial score (nSPS) is 20.4. The molecule has 0 saturated carbocycles. The number of alkyl halides is 3. The van der Waals surface area contributed by atoms with Crippen LogP contribution in [0.1, 0.15) is 17.2 Å². The van der Waals surface area contributed by atoms with Crippen LogP contribution < -0.4 is 4.90 Å². The lowest BCUT2D eigenvalue weighted by molar-refractivity contribution is -0.142. The smallest absolute Gasteiger partial charge is 0.435 e. The van der Waals surface area contributed by atoms with E-state index in [-0.39, 0.29) is 24.5 Å². The number of carbonyl (C=O) groups is 1. The Morgan fingerprint density at radius 1 is 1.12 bits per heavy atom. The Balaban J connectivity index is 1.89. The van der Waals surface area contributed by atoms with Gasteiger partial charge in [-0.1, -0.05) is 6.07 Å². The SMILES string of the molecule is O=C(O)[C@@H]1CN(c2ccc(C(F)(F)F)nn2)C[C@H]1c1ccc(F)cc1F. The molecule has 1 saturated heterocycles. The van der Waals surface area contributed by atoms with Gasteiger partial charge in [-0.2, -0.15) is 13.2 Å². The second-order valence-corrected chi connectivity index (χ2v) is 5.90. The number of aromatic nitrogens is 2. The summed E-state index contributed by atoms with van der Waals surface area (Å²) in [5, 5.41) is 16.0. The molecule has 0 bridgehead atoms. The van der Waals surface area contributed by atoms with Crippen LogP contribution in [0.3, 0.4) is 0 Å². The lowest BCUT2D eigenvalue weighted by Gasteiger charge is -2.17. The molecule has 1 N–H and O–H groups in total. The second-order valence-electron chi connectivity index (χ2n) is 5.90. The fourth-order valence-electron chi connectivity index (χ4n) is 3.00. The van der Waals surface area contributed by atoms with E-state index in [2.05, 4.69) is 10.2 Å². The van der Waals surface area contributed by atoms with E-state index < -0.39 is 41.3 Å². The fraction of sp³-hybridized carbons (Fsp3) is 0.312. The Bertz CT molecular complexity index is 826. The summed E-state index contributed by atoms with van der Waals surface area (Å²) < 4.78 is 64.8. The Labute approximate surface area is 144 Å². The summed E-state index contributed by atoms with van der Waals surface area (Å²) in [6.45, 7) is -0.0869. The number of benzene rings is 1. The van der Waals surface area contributed by atoms with E-state index in [0.29, 0.717) is 6.07 Å². The maximum absolute atomic E-state index is 14.0. The third kappa shape index (κ3) is 3.44. The molecule has 1 aliphatic heterocycles. The highest BCUT2D eigenvalue weighted by Crippen LogP contribution is 2.36. The van der Waals surface area contributed by atoms with Crippen molar-refractivity contribution in [3.63, 3.8) is 0 Å². The van der Waals surface area contributed by atoms with Crippen LogP contribution in [0.2, 0.25) is 0 Å². The Morgan fingerprint density at radius 2 is 1.85 bits per heavy atom. The van der Waals surface area contributed by atoms with Crippen molar-refractivity contribution >= 4 is 11.8 Å². The van der Waals surface area contributed by atoms with Crippen LogP contribution in [0.4, 0.5) is 27.8 Å². The summed E-state index contributed by atoms with van der Waals surface area (Å²) in [5.41, 5.74) is -1.14. The zero-order valence-electron chi connectivity index (χ0n) is 13.0. The van der Waals surface area contributed by atoms with Crippen molar-refractivity contribution in [2.45, 2.75) is 12.1 Å². The molecule has 0 amide bonds. The third-order valence-corrected chi connectivity index (χ3v) is 4.26. The molecule has 0 radical (unpaired) electrons. The largest absolute Gasteiger partial charge is 0.481 e. The average molecular weight is 373 g/mol. The van der Waals surface area contributed by atoms with Crippen molar-refractivity contribution in [2.75, 3.05) is 18.0 Å². The summed E-state index contributed by atoms with van der Waals surface area (Å²) in [6, 6.07) is 4.68. The molecule has 5 nitrogen and oxygen atoms in total. The first-order valence-electron chi connectivity index (χ1n) is 7.50. The molecule has 10 heteroatoms. The molecular weight excluding hydrogens is 361 g/mol. The van der Waals surface area contributed by atoms with Gasteiger partial charge >= 0.3 is 12.1 Å². The minimum absolute atomic E-state index is 0.000433. The van der Waals surface area contributed by atoms with Crippen LogP contribution in [-0.2, 0) is 11.0 Å². The van der Waals surface area contributed by atoms with Crippen molar-refractivity contribution in [1.82, 2.24) is 10.2 Å². The van der Waals surface area contributed by atoms with E-state index in [4.69, 9.17) is 0 Å². The van der Waals surface area contributed by atoms with Gasteiger partial charge in [-0.05, 0) is 23.8 Å². The number of anilines is 1. The first-order chi connectivity index (χ1) is 12.2. The molecular formula is C16H12F5N3O2. The van der Waals surface area contributed by atoms with Crippen molar-refractivity contribution in [3.8, 4) is 0 Å². The van der Waals surface area contributed by atoms with Gasteiger partial charge in [-0.25, -0.2) is 8.78 Å². The molecule has 2 aromatic rings. The number of hydrogen-bond acceptors (Lipinski definition) is 4. The van der Waals surface area contributed by atoms with Gasteiger partial charge in [0.05, 0.1) is 5.92 Å². The molecule has 26 heavy (non-hydrogen) atoms. The van der Waals surface area contributed by atoms with Gasteiger partial charge in [-0.15, -0.1) is 10.2 Å². The van der Waals surface area contributed by atoms with Crippen molar-refractivity contribution in [3.05, 3.63) is 53.2 Å². The van der Waals surface area contributed by atoms with E-state index in [0.717, 1.165) is 18.2 Å². The number of rotatable bonds is 3. The zero-order chi connectivity index (χ0) is 19.1. The van der Waals surface area contributed by atoms with Gasteiger partial charge in [0.15, 0.2) is 11.5 Å². The highest BCUT2D eigenvalue weighted by atomic mass is 19.4. The molecule has 138 valence electrons. The lowest BCUT2D eigenvalue weighted by atomic mass is 9.88. The molecule has 0 spiro atoms. The monoisotopic (exact) mass is 373 g/mol. The standard InChI is InChI=1S/C16H12F5N3O2/c17-8-1-2-9(12(18)5-8)10-6-24(7-11(10)15(25)26)14-4-3-13(22-23-14)16(19,20)21/h1-5,10-11H,6-7H2,(H,25,26)/t10-,11+/m0/s1. The minimum Gasteiger partial charge on any atom is -0.481 e. The first kappa shape index (κ1) is 18.0. The van der Waals surface area contributed by atoms with Crippen LogP contribution in [0, 0.1) is 17.6 Å². The summed E-state index contributed by atoms with van der Waals surface area (Å²) >= 11 is 0. The Kier molecular flexibility index (Phi) is 4.51. The van der Waals surface area contributed by atoms with Crippen molar-refractivity contribution in [1.29, 1.82) is 0 Å². The highest BCUT2D eigenvalue weighted by molar-refractivity contribution is 5.73. The summed E-state index contributed by atoms with van der Waals surface area (Å²) in [4.78, 5) is 12.9. The summed E-state index contributed by atoms with van der Waals surface area (Å²) in [6.07, 6.45) is -4.64. The number of hydrogen-bond donors (Lipinski definition) is 1. The molecule has 0 unspecified atom stereocenters. The zero-order valence-corrected chi connectivity index (χ0v) is 13.0. The topological polar surface area (TPSA) is 66.3 Å². The fourth-order valence-corrected chi connectivity index (χ4v) is 3.00. The van der Waals surface area contributed by atoms with Gasteiger partial charge in [0.1, 0.15) is 11.6 Å². The van der Waals surface area contributed by atoms with Crippen LogP contribution >= 0.6 is 0 Å². The first-order valence-corrected chi connectivity index (χ1v) is 7.50. The van der Waals surface area contributed by atoms with Gasteiger partial charge in [0.25, 0.3) is 0 Å². The van der Waals surface area contributed by atoms with Crippen molar-refractivity contribution in [2.24, 2.45) is 5.92 Å². The molecule has 1 aliphatic rings. The Hall–Kier alpha value is -2.78. The molecule has 0 aliphatic carbocycles. The highest BCUT2D eigenvalue weighted by Gasteiger charge is 2.41. The van der Waals surface area contributed by atoms with Crippen LogP contribution in [0.25, 0.3) is 0 Å². The van der Waals surface area contributed by atoms with E-state index >= 15 is 0 Å². The predicted octanol–water partition coefficient (Wildman–Crippen LogP) is 3.08. The third-order valence-electron chi connectivity index (χ3n) is 4.26. The second kappa shape index (κ2) is 6.50. The molecule has 1 aromatic heterocycles. The predicted molar refractivity (Wildman–Crippen MR) is 79.5 cm³/mol. The van der Waals surface area contributed by atoms with Gasteiger partial charge in [-0.3, -0.25) is 4.79 Å². The quantitative estimate of drug-likeness (QED) is 0.838. The lowest BCUT2D eigenvalue weighted by Crippen LogP contribution is -2.24. The molecule has 2 atom stereocenters. The number of carboxylic acid groups (broad SMARTS) is 1. The van der Waals surface area contributed by atoms with Crippen molar-refractivity contribution < 1.29 is 31.9 Å². The summed E-state index contributed by atoms with van der Waals surface area (Å²) in [7, 11) is 0.